The molecule has 1 saturated carbocycles. The molecule has 0 atom stereocenters. The third-order valence-electron chi connectivity index (χ3n) is 2.11. The largest absolute Gasteiger partial charge is 0.296 e. The van der Waals surface area contributed by atoms with Crippen LogP contribution in [0.3, 0.4) is 0 Å². The maximum Gasteiger partial charge on any atom is 0.169 e. The van der Waals surface area contributed by atoms with Gasteiger partial charge in [-0.05, 0) is 12.8 Å². The van der Waals surface area contributed by atoms with E-state index < -0.39 is 0 Å². The SMILES string of the molecule is O=Cc1csc(C2CCC2)n1. The summed E-state index contributed by atoms with van der Waals surface area (Å²) in [6, 6.07) is 0. The summed E-state index contributed by atoms with van der Waals surface area (Å²) >= 11 is 1.62. The van der Waals surface area contributed by atoms with Crippen molar-refractivity contribution in [1.82, 2.24) is 4.98 Å². The van der Waals surface area contributed by atoms with Crippen LogP contribution in [0.15, 0.2) is 5.38 Å². The van der Waals surface area contributed by atoms with Crippen molar-refractivity contribution in [3.8, 4) is 0 Å². The third-order valence-corrected chi connectivity index (χ3v) is 3.14. The molecular formula is C8H9NOS. The minimum Gasteiger partial charge on any atom is -0.296 e. The molecule has 1 fully saturated rings. The van der Waals surface area contributed by atoms with Crippen LogP contribution in [0, 0.1) is 0 Å². The molecule has 2 nitrogen and oxygen atoms in total. The summed E-state index contributed by atoms with van der Waals surface area (Å²) in [5.41, 5.74) is 0.594. The average molecular weight is 167 g/mol. The van der Waals surface area contributed by atoms with Crippen molar-refractivity contribution in [2.45, 2.75) is 25.2 Å². The Kier molecular flexibility index (Phi) is 1.74. The lowest BCUT2D eigenvalue weighted by atomic mass is 9.86. The van der Waals surface area contributed by atoms with E-state index in [4.69, 9.17) is 0 Å². The Morgan fingerprint density at radius 1 is 1.64 bits per heavy atom. The summed E-state index contributed by atoms with van der Waals surface area (Å²) in [6.07, 6.45) is 4.65. The maximum atomic E-state index is 10.3. The molecular weight excluding hydrogens is 158 g/mol. The highest BCUT2D eigenvalue weighted by molar-refractivity contribution is 7.09. The van der Waals surface area contributed by atoms with Crippen LogP contribution in [-0.4, -0.2) is 11.3 Å². The lowest BCUT2D eigenvalue weighted by Gasteiger charge is -2.22. The Bertz CT molecular complexity index is 265. The zero-order valence-electron chi connectivity index (χ0n) is 6.12. The number of carbonyl (C=O) groups excluding carboxylic acids is 1. The van der Waals surface area contributed by atoms with E-state index >= 15 is 0 Å². The van der Waals surface area contributed by atoms with Crippen molar-refractivity contribution in [2.75, 3.05) is 0 Å². The molecule has 1 aliphatic rings. The van der Waals surface area contributed by atoms with Crippen LogP contribution in [0.25, 0.3) is 0 Å². The van der Waals surface area contributed by atoms with Gasteiger partial charge in [0, 0.05) is 11.3 Å². The first kappa shape index (κ1) is 6.98. The van der Waals surface area contributed by atoms with E-state index in [0.717, 1.165) is 11.3 Å². The molecule has 1 aliphatic carbocycles. The second-order valence-electron chi connectivity index (χ2n) is 2.86. The number of thiazole rings is 1. The van der Waals surface area contributed by atoms with Gasteiger partial charge in [0.25, 0.3) is 0 Å². The molecule has 58 valence electrons. The standard InChI is InChI=1S/C8H9NOS/c10-4-7-5-11-8(9-7)6-2-1-3-6/h4-6H,1-3H2. The monoisotopic (exact) mass is 167 g/mol. The number of rotatable bonds is 2. The number of hydrogen-bond donors (Lipinski definition) is 0. The van der Waals surface area contributed by atoms with Crippen molar-refractivity contribution < 1.29 is 4.79 Å². The normalized spacial score (nSPS) is 17.8. The number of aromatic nitrogens is 1. The number of nitrogens with zero attached hydrogens (tertiary/aromatic N) is 1. The van der Waals surface area contributed by atoms with E-state index in [1.807, 2.05) is 5.38 Å². The van der Waals surface area contributed by atoms with Crippen molar-refractivity contribution >= 4 is 17.6 Å². The van der Waals surface area contributed by atoms with Gasteiger partial charge in [-0.25, -0.2) is 4.98 Å². The summed E-state index contributed by atoms with van der Waals surface area (Å²) < 4.78 is 0. The average Bonchev–Trinajstić information content (AvgIpc) is 2.32. The van der Waals surface area contributed by atoms with Crippen LogP contribution < -0.4 is 0 Å². The van der Waals surface area contributed by atoms with Gasteiger partial charge in [0.1, 0.15) is 5.69 Å². The highest BCUT2D eigenvalue weighted by atomic mass is 32.1. The van der Waals surface area contributed by atoms with Gasteiger partial charge < -0.3 is 0 Å². The Hall–Kier alpha value is -0.700. The molecule has 0 bridgehead atoms. The quantitative estimate of drug-likeness (QED) is 0.632. The van der Waals surface area contributed by atoms with Crippen LogP contribution in [0.2, 0.25) is 0 Å². The minimum atomic E-state index is 0.594. The zero-order chi connectivity index (χ0) is 7.68. The second-order valence-corrected chi connectivity index (χ2v) is 3.75. The number of carbonyl (C=O) groups is 1. The molecule has 1 aromatic rings. The van der Waals surface area contributed by atoms with Crippen molar-refractivity contribution in [1.29, 1.82) is 0 Å². The van der Waals surface area contributed by atoms with Gasteiger partial charge in [0.15, 0.2) is 6.29 Å². The van der Waals surface area contributed by atoms with E-state index in [1.165, 1.54) is 19.3 Å². The second kappa shape index (κ2) is 2.74. The van der Waals surface area contributed by atoms with E-state index in [9.17, 15) is 4.79 Å². The molecule has 0 aromatic carbocycles. The Balaban J connectivity index is 2.17. The molecule has 0 saturated heterocycles. The topological polar surface area (TPSA) is 30.0 Å². The van der Waals surface area contributed by atoms with Crippen LogP contribution in [0.1, 0.15) is 40.7 Å². The Labute approximate surface area is 69.3 Å². The summed E-state index contributed by atoms with van der Waals surface area (Å²) in [5, 5.41) is 2.99. The Morgan fingerprint density at radius 2 is 2.45 bits per heavy atom. The molecule has 0 aliphatic heterocycles. The van der Waals surface area contributed by atoms with E-state index in [2.05, 4.69) is 4.98 Å². The molecule has 0 radical (unpaired) electrons. The summed E-state index contributed by atoms with van der Waals surface area (Å²) in [6.45, 7) is 0. The smallest absolute Gasteiger partial charge is 0.169 e. The number of hydrogen-bond acceptors (Lipinski definition) is 3. The zero-order valence-corrected chi connectivity index (χ0v) is 6.93. The molecule has 0 N–H and O–H groups in total. The molecule has 2 rings (SSSR count). The number of aldehydes is 1. The van der Waals surface area contributed by atoms with E-state index in [1.54, 1.807) is 11.3 Å². The maximum absolute atomic E-state index is 10.3. The molecule has 11 heavy (non-hydrogen) atoms. The predicted octanol–water partition coefficient (Wildman–Crippen LogP) is 2.22. The molecule has 0 unspecified atom stereocenters. The summed E-state index contributed by atoms with van der Waals surface area (Å²) in [5.74, 6) is 0.661. The fourth-order valence-corrected chi connectivity index (χ4v) is 2.13. The molecule has 3 heteroatoms. The van der Waals surface area contributed by atoms with Crippen LogP contribution in [0.4, 0.5) is 0 Å². The highest BCUT2D eigenvalue weighted by Gasteiger charge is 2.22. The summed E-state index contributed by atoms with van der Waals surface area (Å²) in [4.78, 5) is 14.5. The third kappa shape index (κ3) is 1.20. The fourth-order valence-electron chi connectivity index (χ4n) is 1.20. The molecule has 1 aromatic heterocycles. The van der Waals surface area contributed by atoms with Crippen LogP contribution in [0.5, 0.6) is 0 Å². The van der Waals surface area contributed by atoms with Crippen molar-refractivity contribution in [3.05, 3.63) is 16.1 Å². The van der Waals surface area contributed by atoms with Crippen molar-refractivity contribution in [3.63, 3.8) is 0 Å². The van der Waals surface area contributed by atoms with Crippen molar-refractivity contribution in [2.24, 2.45) is 0 Å². The van der Waals surface area contributed by atoms with E-state index in [-0.39, 0.29) is 0 Å². The highest BCUT2D eigenvalue weighted by Crippen LogP contribution is 2.37. The molecule has 1 heterocycles. The van der Waals surface area contributed by atoms with E-state index in [0.29, 0.717) is 11.6 Å². The van der Waals surface area contributed by atoms with Gasteiger partial charge in [-0.15, -0.1) is 11.3 Å². The van der Waals surface area contributed by atoms with Gasteiger partial charge in [-0.3, -0.25) is 4.79 Å². The Morgan fingerprint density at radius 3 is 2.91 bits per heavy atom. The lowest BCUT2D eigenvalue weighted by molar-refractivity contribution is 0.111. The first-order valence-corrected chi connectivity index (χ1v) is 4.68. The van der Waals surface area contributed by atoms with Gasteiger partial charge in [-0.2, -0.15) is 0 Å². The first-order chi connectivity index (χ1) is 5.40. The summed E-state index contributed by atoms with van der Waals surface area (Å²) in [7, 11) is 0. The van der Waals surface area contributed by atoms with Gasteiger partial charge in [0.2, 0.25) is 0 Å². The van der Waals surface area contributed by atoms with Gasteiger partial charge >= 0.3 is 0 Å². The fraction of sp³-hybridized carbons (Fsp3) is 0.500. The minimum absolute atomic E-state index is 0.594. The molecule has 0 spiro atoms. The molecule has 0 amide bonds. The van der Waals surface area contributed by atoms with Gasteiger partial charge in [0.05, 0.1) is 5.01 Å². The van der Waals surface area contributed by atoms with Crippen LogP contribution >= 0.6 is 11.3 Å². The predicted molar refractivity (Wildman–Crippen MR) is 44.1 cm³/mol. The van der Waals surface area contributed by atoms with Gasteiger partial charge in [-0.1, -0.05) is 6.42 Å². The van der Waals surface area contributed by atoms with Crippen LogP contribution in [-0.2, 0) is 0 Å². The lowest BCUT2D eigenvalue weighted by Crippen LogP contribution is -2.08. The first-order valence-electron chi connectivity index (χ1n) is 3.81.